The van der Waals surface area contributed by atoms with Gasteiger partial charge < -0.3 is 14.2 Å². The third kappa shape index (κ3) is 4.86. The SMILES string of the molecule is CC(C)(COC[C@@H]1CO1)OCc1ccccc1. The molecule has 3 heteroatoms. The zero-order valence-corrected chi connectivity index (χ0v) is 10.5. The molecule has 0 spiro atoms. The van der Waals surface area contributed by atoms with Crippen LogP contribution in [0.5, 0.6) is 0 Å². The normalized spacial score (nSPS) is 19.3. The minimum Gasteiger partial charge on any atom is -0.376 e. The fourth-order valence-corrected chi connectivity index (χ4v) is 1.50. The lowest BCUT2D eigenvalue weighted by molar-refractivity contribution is -0.0849. The zero-order chi connectivity index (χ0) is 12.1. The van der Waals surface area contributed by atoms with E-state index in [9.17, 15) is 0 Å². The van der Waals surface area contributed by atoms with Gasteiger partial charge in [0.05, 0.1) is 32.0 Å². The van der Waals surface area contributed by atoms with Gasteiger partial charge in [-0.2, -0.15) is 0 Å². The predicted octanol–water partition coefficient (Wildman–Crippen LogP) is 2.40. The van der Waals surface area contributed by atoms with E-state index in [4.69, 9.17) is 14.2 Å². The van der Waals surface area contributed by atoms with Crippen molar-refractivity contribution in [3.05, 3.63) is 35.9 Å². The number of hydrogen-bond donors (Lipinski definition) is 0. The molecule has 17 heavy (non-hydrogen) atoms. The maximum atomic E-state index is 5.85. The second kappa shape index (κ2) is 5.63. The van der Waals surface area contributed by atoms with Gasteiger partial charge in [-0.05, 0) is 19.4 Å². The Labute approximate surface area is 103 Å². The largest absolute Gasteiger partial charge is 0.376 e. The van der Waals surface area contributed by atoms with Gasteiger partial charge in [0, 0.05) is 0 Å². The molecule has 1 aliphatic heterocycles. The average Bonchev–Trinajstić information content (AvgIpc) is 3.12. The number of hydrogen-bond acceptors (Lipinski definition) is 3. The Balaban J connectivity index is 1.68. The van der Waals surface area contributed by atoms with Crippen LogP contribution in [0.1, 0.15) is 19.4 Å². The molecule has 94 valence electrons. The zero-order valence-electron chi connectivity index (χ0n) is 10.5. The van der Waals surface area contributed by atoms with Crippen LogP contribution in [0.4, 0.5) is 0 Å². The fraction of sp³-hybridized carbons (Fsp3) is 0.571. The quantitative estimate of drug-likeness (QED) is 0.681. The highest BCUT2D eigenvalue weighted by molar-refractivity contribution is 5.13. The van der Waals surface area contributed by atoms with Crippen molar-refractivity contribution in [3.8, 4) is 0 Å². The lowest BCUT2D eigenvalue weighted by Crippen LogP contribution is -2.31. The molecule has 0 unspecified atom stereocenters. The molecule has 0 aromatic heterocycles. The lowest BCUT2D eigenvalue weighted by atomic mass is 10.1. The molecular formula is C14H20O3. The van der Waals surface area contributed by atoms with Gasteiger partial charge >= 0.3 is 0 Å². The molecule has 0 N–H and O–H groups in total. The van der Waals surface area contributed by atoms with Crippen LogP contribution in [-0.4, -0.2) is 31.5 Å². The first-order chi connectivity index (χ1) is 8.16. The summed E-state index contributed by atoms with van der Waals surface area (Å²) in [6.07, 6.45) is 0.319. The highest BCUT2D eigenvalue weighted by Gasteiger charge is 2.25. The first-order valence-corrected chi connectivity index (χ1v) is 6.03. The van der Waals surface area contributed by atoms with Gasteiger partial charge in [0.25, 0.3) is 0 Å². The van der Waals surface area contributed by atoms with E-state index in [0.29, 0.717) is 25.9 Å². The van der Waals surface area contributed by atoms with E-state index in [2.05, 4.69) is 12.1 Å². The molecule has 0 amide bonds. The Morgan fingerprint density at radius 3 is 2.65 bits per heavy atom. The summed E-state index contributed by atoms with van der Waals surface area (Å²) in [5.74, 6) is 0. The maximum absolute atomic E-state index is 5.85. The molecule has 1 saturated heterocycles. The molecular weight excluding hydrogens is 216 g/mol. The van der Waals surface area contributed by atoms with Crippen molar-refractivity contribution in [2.24, 2.45) is 0 Å². The van der Waals surface area contributed by atoms with Crippen molar-refractivity contribution in [1.29, 1.82) is 0 Å². The molecule has 1 aromatic rings. The number of benzene rings is 1. The minimum absolute atomic E-state index is 0.259. The summed E-state index contributed by atoms with van der Waals surface area (Å²) in [6, 6.07) is 10.2. The molecule has 1 heterocycles. The average molecular weight is 236 g/mol. The predicted molar refractivity (Wildman–Crippen MR) is 65.9 cm³/mol. The topological polar surface area (TPSA) is 31.0 Å². The summed E-state index contributed by atoms with van der Waals surface area (Å²) in [5.41, 5.74) is 0.927. The van der Waals surface area contributed by atoms with E-state index < -0.39 is 0 Å². The molecule has 0 saturated carbocycles. The van der Waals surface area contributed by atoms with Gasteiger partial charge in [-0.15, -0.1) is 0 Å². The summed E-state index contributed by atoms with van der Waals surface area (Å²) in [7, 11) is 0. The van der Waals surface area contributed by atoms with Gasteiger partial charge in [0.2, 0.25) is 0 Å². The molecule has 2 rings (SSSR count). The van der Waals surface area contributed by atoms with Crippen LogP contribution in [-0.2, 0) is 20.8 Å². The molecule has 3 nitrogen and oxygen atoms in total. The maximum Gasteiger partial charge on any atom is 0.104 e. The van der Waals surface area contributed by atoms with Crippen LogP contribution in [0.25, 0.3) is 0 Å². The fourth-order valence-electron chi connectivity index (χ4n) is 1.50. The van der Waals surface area contributed by atoms with Crippen molar-refractivity contribution in [1.82, 2.24) is 0 Å². The Hall–Kier alpha value is -0.900. The first kappa shape index (κ1) is 12.6. The molecule has 1 aliphatic rings. The van der Waals surface area contributed by atoms with Crippen molar-refractivity contribution in [2.45, 2.75) is 32.2 Å². The van der Waals surface area contributed by atoms with Gasteiger partial charge in [0.1, 0.15) is 6.10 Å². The van der Waals surface area contributed by atoms with Gasteiger partial charge in [-0.1, -0.05) is 30.3 Å². The molecule has 0 radical (unpaired) electrons. The second-order valence-corrected chi connectivity index (χ2v) is 5.00. The van der Waals surface area contributed by atoms with Crippen molar-refractivity contribution >= 4 is 0 Å². The molecule has 0 aliphatic carbocycles. The van der Waals surface area contributed by atoms with Crippen LogP contribution in [0, 0.1) is 0 Å². The first-order valence-electron chi connectivity index (χ1n) is 6.03. The van der Waals surface area contributed by atoms with E-state index in [1.807, 2.05) is 32.0 Å². The van der Waals surface area contributed by atoms with Crippen LogP contribution in [0.15, 0.2) is 30.3 Å². The van der Waals surface area contributed by atoms with Crippen molar-refractivity contribution in [2.75, 3.05) is 19.8 Å². The van der Waals surface area contributed by atoms with E-state index in [0.717, 1.165) is 6.61 Å². The Bertz CT molecular complexity index is 331. The minimum atomic E-state index is -0.259. The van der Waals surface area contributed by atoms with Crippen molar-refractivity contribution < 1.29 is 14.2 Å². The van der Waals surface area contributed by atoms with E-state index >= 15 is 0 Å². The third-order valence-corrected chi connectivity index (χ3v) is 2.63. The summed E-state index contributed by atoms with van der Waals surface area (Å²) < 4.78 is 16.5. The second-order valence-electron chi connectivity index (χ2n) is 5.00. The van der Waals surface area contributed by atoms with Gasteiger partial charge in [-0.3, -0.25) is 0 Å². The Morgan fingerprint density at radius 2 is 2.00 bits per heavy atom. The van der Waals surface area contributed by atoms with Crippen LogP contribution in [0.3, 0.4) is 0 Å². The van der Waals surface area contributed by atoms with E-state index in [1.165, 1.54) is 5.56 Å². The summed E-state index contributed by atoms with van der Waals surface area (Å²) >= 11 is 0. The van der Waals surface area contributed by atoms with E-state index in [-0.39, 0.29) is 5.60 Å². The highest BCUT2D eigenvalue weighted by Crippen LogP contribution is 2.15. The highest BCUT2D eigenvalue weighted by atomic mass is 16.6. The molecule has 0 bridgehead atoms. The smallest absolute Gasteiger partial charge is 0.104 e. The standard InChI is InChI=1S/C14H20O3/c1-14(2,11-15-9-13-10-16-13)17-8-12-6-4-3-5-7-12/h3-7,13H,8-11H2,1-2H3/t13-/m1/s1. The summed E-state index contributed by atoms with van der Waals surface area (Å²) in [6.45, 7) is 6.83. The van der Waals surface area contributed by atoms with Gasteiger partial charge in [-0.25, -0.2) is 0 Å². The van der Waals surface area contributed by atoms with Crippen LogP contribution >= 0.6 is 0 Å². The van der Waals surface area contributed by atoms with E-state index in [1.54, 1.807) is 0 Å². The number of epoxide rings is 1. The van der Waals surface area contributed by atoms with Gasteiger partial charge in [0.15, 0.2) is 0 Å². The van der Waals surface area contributed by atoms with Crippen molar-refractivity contribution in [3.63, 3.8) is 0 Å². The molecule has 1 aromatic carbocycles. The van der Waals surface area contributed by atoms with Crippen LogP contribution < -0.4 is 0 Å². The number of rotatable bonds is 7. The molecule has 1 atom stereocenters. The summed E-state index contributed by atoms with van der Waals surface area (Å²) in [5, 5.41) is 0. The lowest BCUT2D eigenvalue weighted by Gasteiger charge is -2.25. The molecule has 1 fully saturated rings. The Kier molecular flexibility index (Phi) is 4.15. The summed E-state index contributed by atoms with van der Waals surface area (Å²) in [4.78, 5) is 0. The third-order valence-electron chi connectivity index (χ3n) is 2.63. The Morgan fingerprint density at radius 1 is 1.29 bits per heavy atom. The monoisotopic (exact) mass is 236 g/mol. The van der Waals surface area contributed by atoms with Crippen LogP contribution in [0.2, 0.25) is 0 Å². The number of ether oxygens (including phenoxy) is 3.